The van der Waals surface area contributed by atoms with Gasteiger partial charge in [-0.15, -0.1) is 5.10 Å². The summed E-state index contributed by atoms with van der Waals surface area (Å²) < 4.78 is 12.9. The van der Waals surface area contributed by atoms with Crippen molar-refractivity contribution in [3.63, 3.8) is 0 Å². The highest BCUT2D eigenvalue weighted by molar-refractivity contribution is 5.81. The van der Waals surface area contributed by atoms with Crippen LogP contribution in [0.4, 0.5) is 0 Å². The van der Waals surface area contributed by atoms with E-state index in [1.165, 1.54) is 0 Å². The van der Waals surface area contributed by atoms with Gasteiger partial charge < -0.3 is 13.8 Å². The summed E-state index contributed by atoms with van der Waals surface area (Å²) in [4.78, 5) is 18.3. The number of fused-ring (bicyclic) bond motifs is 1. The summed E-state index contributed by atoms with van der Waals surface area (Å²) in [6.07, 6.45) is 4.03. The third-order valence-electron chi connectivity index (χ3n) is 6.05. The smallest absolute Gasteiger partial charge is 0.252 e. The monoisotopic (exact) mass is 458 g/mol. The minimum absolute atomic E-state index is 0.101. The van der Waals surface area contributed by atoms with Crippen LogP contribution in [-0.4, -0.2) is 30.1 Å². The van der Waals surface area contributed by atoms with E-state index in [2.05, 4.69) is 32.3 Å². The number of tetrazole rings is 1. The number of para-hydroxylation sites is 1. The first-order valence-corrected chi connectivity index (χ1v) is 11.3. The lowest BCUT2D eigenvalue weighted by Gasteiger charge is -2.29. The Hall–Kier alpha value is -3.98. The summed E-state index contributed by atoms with van der Waals surface area (Å²) in [5, 5.41) is 13.5. The van der Waals surface area contributed by atoms with Crippen molar-refractivity contribution in [3.05, 3.63) is 99.9 Å². The minimum atomic E-state index is -0.150. The molecule has 0 aliphatic heterocycles. The van der Waals surface area contributed by atoms with E-state index in [1.54, 1.807) is 17.2 Å². The first kappa shape index (κ1) is 21.8. The highest BCUT2D eigenvalue weighted by Gasteiger charge is 2.27. The van der Waals surface area contributed by atoms with Gasteiger partial charge in [0, 0.05) is 12.1 Å². The Morgan fingerprint density at radius 1 is 1.06 bits per heavy atom. The molecule has 0 unspecified atom stereocenters. The van der Waals surface area contributed by atoms with Crippen LogP contribution >= 0.6 is 0 Å². The Morgan fingerprint density at radius 2 is 1.85 bits per heavy atom. The molecule has 0 aliphatic rings. The highest BCUT2D eigenvalue weighted by atomic mass is 16.3. The number of aromatic amines is 1. The van der Waals surface area contributed by atoms with Crippen LogP contribution in [0.2, 0.25) is 0 Å². The molecule has 4 heterocycles. The Balaban J connectivity index is 1.51. The van der Waals surface area contributed by atoms with Gasteiger partial charge in [0.05, 0.1) is 30.6 Å². The molecule has 0 amide bonds. The van der Waals surface area contributed by atoms with Crippen molar-refractivity contribution in [2.75, 3.05) is 0 Å². The van der Waals surface area contributed by atoms with Crippen LogP contribution in [0, 0.1) is 6.92 Å². The van der Waals surface area contributed by atoms with E-state index >= 15 is 0 Å². The van der Waals surface area contributed by atoms with Gasteiger partial charge in [-0.2, -0.15) is 0 Å². The molecule has 0 fully saturated rings. The summed E-state index contributed by atoms with van der Waals surface area (Å²) in [5.41, 5.74) is 2.48. The maximum atomic E-state index is 13.0. The second-order valence-electron chi connectivity index (χ2n) is 8.35. The molecule has 0 aliphatic carbocycles. The molecule has 1 atom stereocenters. The number of H-pyrrole nitrogens is 1. The number of nitrogens with one attached hydrogen (secondary N) is 1. The van der Waals surface area contributed by atoms with Gasteiger partial charge in [0.25, 0.3) is 5.56 Å². The topological polar surface area (TPSA) is 106 Å². The number of furan rings is 2. The number of nitrogens with zero attached hydrogens (tertiary/aromatic N) is 5. The number of pyridine rings is 1. The van der Waals surface area contributed by atoms with Gasteiger partial charge in [-0.25, -0.2) is 4.68 Å². The van der Waals surface area contributed by atoms with Crippen molar-refractivity contribution >= 4 is 10.9 Å². The molecule has 4 aromatic heterocycles. The van der Waals surface area contributed by atoms with Crippen LogP contribution in [0.5, 0.6) is 0 Å². The lowest BCUT2D eigenvalue weighted by atomic mass is 10.1. The van der Waals surface area contributed by atoms with Gasteiger partial charge in [-0.05, 0) is 65.1 Å². The van der Waals surface area contributed by atoms with E-state index in [-0.39, 0.29) is 11.6 Å². The second-order valence-corrected chi connectivity index (χ2v) is 8.35. The third kappa shape index (κ3) is 4.42. The first-order valence-electron chi connectivity index (χ1n) is 11.3. The van der Waals surface area contributed by atoms with Crippen molar-refractivity contribution in [3.8, 4) is 0 Å². The third-order valence-corrected chi connectivity index (χ3v) is 6.05. The van der Waals surface area contributed by atoms with E-state index in [9.17, 15) is 4.79 Å². The molecule has 0 radical (unpaired) electrons. The van der Waals surface area contributed by atoms with Gasteiger partial charge >= 0.3 is 0 Å². The Bertz CT molecular complexity index is 1420. The number of aromatic nitrogens is 5. The average Bonchev–Trinajstić information content (AvgIpc) is 3.60. The molecule has 174 valence electrons. The standard InChI is InChI=1S/C25H26N6O3/c1-3-22(24-27-28-29-31(24)16-21-10-6-12-34-21)30(15-20-9-5-11-33-20)14-19-13-18-8-4-7-17(2)23(18)26-25(19)32/h4-13,22H,3,14-16H2,1-2H3,(H,26,32)/t22-/m0/s1. The maximum Gasteiger partial charge on any atom is 0.252 e. The lowest BCUT2D eigenvalue weighted by molar-refractivity contribution is 0.149. The highest BCUT2D eigenvalue weighted by Crippen LogP contribution is 2.27. The van der Waals surface area contributed by atoms with E-state index < -0.39 is 0 Å². The number of hydrogen-bond acceptors (Lipinski definition) is 7. The number of hydrogen-bond donors (Lipinski definition) is 1. The van der Waals surface area contributed by atoms with Crippen molar-refractivity contribution in [1.82, 2.24) is 30.1 Å². The van der Waals surface area contributed by atoms with Crippen LogP contribution in [-0.2, 0) is 19.6 Å². The molecule has 1 N–H and O–H groups in total. The van der Waals surface area contributed by atoms with Gasteiger partial charge in [0.2, 0.25) is 0 Å². The minimum Gasteiger partial charge on any atom is -0.468 e. The largest absolute Gasteiger partial charge is 0.468 e. The zero-order valence-electron chi connectivity index (χ0n) is 19.1. The lowest BCUT2D eigenvalue weighted by Crippen LogP contribution is -2.32. The Morgan fingerprint density at radius 3 is 2.59 bits per heavy atom. The molecule has 1 aromatic carbocycles. The van der Waals surface area contributed by atoms with E-state index in [0.717, 1.165) is 34.4 Å². The molecular weight excluding hydrogens is 432 g/mol. The van der Waals surface area contributed by atoms with Gasteiger partial charge in [0.15, 0.2) is 5.82 Å². The molecule has 0 spiro atoms. The summed E-state index contributed by atoms with van der Waals surface area (Å²) in [5.74, 6) is 2.28. The van der Waals surface area contributed by atoms with E-state index in [4.69, 9.17) is 8.83 Å². The molecule has 5 aromatic rings. The molecule has 5 rings (SSSR count). The quantitative estimate of drug-likeness (QED) is 0.353. The molecule has 9 heteroatoms. The fourth-order valence-electron chi connectivity index (χ4n) is 4.36. The Labute approximate surface area is 196 Å². The number of rotatable bonds is 9. The van der Waals surface area contributed by atoms with Crippen LogP contribution in [0.1, 0.15) is 47.9 Å². The van der Waals surface area contributed by atoms with Crippen molar-refractivity contribution in [2.24, 2.45) is 0 Å². The maximum absolute atomic E-state index is 13.0. The number of benzene rings is 1. The summed E-state index contributed by atoms with van der Waals surface area (Å²) in [6, 6.07) is 15.3. The zero-order chi connectivity index (χ0) is 23.5. The van der Waals surface area contributed by atoms with Crippen LogP contribution < -0.4 is 5.56 Å². The fourth-order valence-corrected chi connectivity index (χ4v) is 4.36. The van der Waals surface area contributed by atoms with Crippen molar-refractivity contribution < 1.29 is 8.83 Å². The summed E-state index contributed by atoms with van der Waals surface area (Å²) >= 11 is 0. The summed E-state index contributed by atoms with van der Waals surface area (Å²) in [7, 11) is 0. The zero-order valence-corrected chi connectivity index (χ0v) is 19.1. The molecular formula is C25H26N6O3. The van der Waals surface area contributed by atoms with Crippen LogP contribution in [0.25, 0.3) is 10.9 Å². The van der Waals surface area contributed by atoms with E-state index in [1.807, 2.05) is 55.5 Å². The SMILES string of the molecule is CC[C@@H](c1nnnn1Cc1ccco1)N(Cc1ccco1)Cc1cc2cccc(C)c2[nH]c1=O. The van der Waals surface area contributed by atoms with Crippen LogP contribution in [0.3, 0.4) is 0 Å². The van der Waals surface area contributed by atoms with Crippen molar-refractivity contribution in [1.29, 1.82) is 0 Å². The predicted octanol–water partition coefficient (Wildman–Crippen LogP) is 4.21. The van der Waals surface area contributed by atoms with Crippen molar-refractivity contribution in [2.45, 2.75) is 45.9 Å². The second kappa shape index (κ2) is 9.48. The molecule has 0 saturated carbocycles. The van der Waals surface area contributed by atoms with Crippen LogP contribution in [0.15, 0.2) is 74.7 Å². The van der Waals surface area contributed by atoms with Gasteiger partial charge in [-0.1, -0.05) is 25.1 Å². The number of aryl methyl sites for hydroxylation is 1. The molecule has 9 nitrogen and oxygen atoms in total. The first-order chi connectivity index (χ1) is 16.6. The normalized spacial score (nSPS) is 12.6. The Kier molecular flexibility index (Phi) is 6.09. The molecule has 0 saturated heterocycles. The molecule has 34 heavy (non-hydrogen) atoms. The summed E-state index contributed by atoms with van der Waals surface area (Å²) in [6.45, 7) is 5.42. The average molecular weight is 459 g/mol. The van der Waals surface area contributed by atoms with E-state index in [0.29, 0.717) is 31.0 Å². The fraction of sp³-hybridized carbons (Fsp3) is 0.280. The molecule has 0 bridgehead atoms. The van der Waals surface area contributed by atoms with Gasteiger partial charge in [-0.3, -0.25) is 9.69 Å². The van der Waals surface area contributed by atoms with Gasteiger partial charge in [0.1, 0.15) is 18.1 Å². The predicted molar refractivity (Wildman–Crippen MR) is 126 cm³/mol.